The van der Waals surface area contributed by atoms with Crippen molar-refractivity contribution in [1.29, 1.82) is 0 Å². The Labute approximate surface area is 276 Å². The number of amides is 2. The maximum absolute atomic E-state index is 14.3. The molecule has 3 aliphatic carbocycles. The third kappa shape index (κ3) is 7.48. The number of hydrogen-bond donors (Lipinski definition) is 1. The fraction of sp³-hybridized carbons (Fsp3) is 0.568. The van der Waals surface area contributed by atoms with Crippen molar-refractivity contribution in [2.45, 2.75) is 95.1 Å². The number of aryl methyl sites for hydroxylation is 1. The molecule has 2 aromatic heterocycles. The van der Waals surface area contributed by atoms with Crippen LogP contribution in [-0.2, 0) is 14.3 Å². The Kier molecular flexibility index (Phi) is 9.47. The van der Waals surface area contributed by atoms with Gasteiger partial charge in [-0.25, -0.2) is 14.8 Å². The highest BCUT2D eigenvalue weighted by atomic mass is 16.6. The van der Waals surface area contributed by atoms with Gasteiger partial charge in [-0.1, -0.05) is 12.1 Å². The topological polar surface area (TPSA) is 116 Å². The predicted molar refractivity (Wildman–Crippen MR) is 176 cm³/mol. The molecule has 4 aliphatic rings. The molecule has 250 valence electrons. The van der Waals surface area contributed by atoms with Crippen LogP contribution in [0.3, 0.4) is 0 Å². The fourth-order valence-electron chi connectivity index (χ4n) is 7.37. The second-order valence-electron chi connectivity index (χ2n) is 13.9. The summed E-state index contributed by atoms with van der Waals surface area (Å²) in [7, 11) is 1.72. The van der Waals surface area contributed by atoms with Crippen molar-refractivity contribution < 1.29 is 28.2 Å². The van der Waals surface area contributed by atoms with Gasteiger partial charge in [0.05, 0.1) is 26.4 Å². The van der Waals surface area contributed by atoms with E-state index >= 15 is 0 Å². The number of rotatable bonds is 10. The third-order valence-corrected chi connectivity index (χ3v) is 10.5. The minimum absolute atomic E-state index is 0.0326. The molecule has 3 heterocycles. The van der Waals surface area contributed by atoms with Gasteiger partial charge >= 0.3 is 6.09 Å². The van der Waals surface area contributed by atoms with Crippen LogP contribution in [0.5, 0.6) is 5.75 Å². The van der Waals surface area contributed by atoms with E-state index in [-0.39, 0.29) is 24.0 Å². The Morgan fingerprint density at radius 1 is 0.957 bits per heavy atom. The molecule has 3 saturated carbocycles. The largest absolute Gasteiger partial charge is 0.496 e. The number of carbonyl (C=O) groups is 2. The smallest absolute Gasteiger partial charge is 0.407 e. The van der Waals surface area contributed by atoms with E-state index in [2.05, 4.69) is 30.4 Å². The van der Waals surface area contributed by atoms with Crippen LogP contribution in [0.15, 0.2) is 47.2 Å². The molecule has 3 aromatic rings. The number of alkyl carbamates (subject to hydrolysis) is 1. The van der Waals surface area contributed by atoms with E-state index in [0.717, 1.165) is 61.4 Å². The number of benzene rings is 1. The molecule has 47 heavy (non-hydrogen) atoms. The van der Waals surface area contributed by atoms with Gasteiger partial charge in [0, 0.05) is 30.1 Å². The van der Waals surface area contributed by atoms with Crippen molar-refractivity contribution in [2.75, 3.05) is 31.8 Å². The van der Waals surface area contributed by atoms with Gasteiger partial charge in [-0.2, -0.15) is 0 Å². The first-order chi connectivity index (χ1) is 22.9. The van der Waals surface area contributed by atoms with Crippen molar-refractivity contribution in [2.24, 2.45) is 11.8 Å². The molecule has 1 aromatic carbocycles. The van der Waals surface area contributed by atoms with E-state index in [0.29, 0.717) is 69.0 Å². The number of oxazole rings is 1. The maximum Gasteiger partial charge on any atom is 0.407 e. The molecule has 0 radical (unpaired) electrons. The number of anilines is 1. The van der Waals surface area contributed by atoms with Gasteiger partial charge < -0.3 is 23.9 Å². The van der Waals surface area contributed by atoms with Gasteiger partial charge in [0.2, 0.25) is 5.91 Å². The fourth-order valence-corrected chi connectivity index (χ4v) is 7.37. The summed E-state index contributed by atoms with van der Waals surface area (Å²) >= 11 is 0. The van der Waals surface area contributed by atoms with Crippen molar-refractivity contribution >= 4 is 17.8 Å². The zero-order valence-electron chi connectivity index (χ0n) is 27.5. The Morgan fingerprint density at radius 2 is 1.72 bits per heavy atom. The van der Waals surface area contributed by atoms with Crippen LogP contribution in [0.1, 0.15) is 93.1 Å². The zero-order valence-corrected chi connectivity index (χ0v) is 27.5. The highest BCUT2D eigenvalue weighted by molar-refractivity contribution is 5.94. The molecule has 1 aliphatic heterocycles. The van der Waals surface area contributed by atoms with E-state index in [1.165, 1.54) is 11.1 Å². The number of methoxy groups -OCH3 is 1. The number of hydrogen-bond acceptors (Lipinski definition) is 8. The Bertz CT molecular complexity index is 1550. The number of aromatic nitrogens is 2. The van der Waals surface area contributed by atoms with Crippen molar-refractivity contribution in [1.82, 2.24) is 15.3 Å². The minimum atomic E-state index is -0.395. The quantitative estimate of drug-likeness (QED) is 0.253. The van der Waals surface area contributed by atoms with Crippen molar-refractivity contribution in [3.05, 3.63) is 59.8 Å². The highest BCUT2D eigenvalue weighted by Crippen LogP contribution is 2.41. The van der Waals surface area contributed by atoms with Crippen LogP contribution in [0.25, 0.3) is 11.3 Å². The lowest BCUT2D eigenvalue weighted by Gasteiger charge is -2.36. The van der Waals surface area contributed by atoms with Crippen LogP contribution >= 0.6 is 0 Å². The molecule has 2 amide bonds. The van der Waals surface area contributed by atoms with Gasteiger partial charge in [0.15, 0.2) is 5.89 Å². The minimum Gasteiger partial charge on any atom is -0.496 e. The predicted octanol–water partition coefficient (Wildman–Crippen LogP) is 6.92. The molecule has 1 saturated heterocycles. The first kappa shape index (κ1) is 31.7. The summed E-state index contributed by atoms with van der Waals surface area (Å²) < 4.78 is 22.1. The maximum atomic E-state index is 14.3. The number of ether oxygens (including phenoxy) is 3. The molecule has 7 rings (SSSR count). The van der Waals surface area contributed by atoms with E-state index < -0.39 is 6.09 Å². The normalized spacial score (nSPS) is 24.6. The summed E-state index contributed by atoms with van der Waals surface area (Å²) in [5.74, 6) is 3.67. The van der Waals surface area contributed by atoms with Gasteiger partial charge in [-0.05, 0) is 112 Å². The van der Waals surface area contributed by atoms with Crippen LogP contribution in [-0.4, -0.2) is 61.0 Å². The standard InChI is InChI=1S/C37H46N4O6/c1-23-17-28(11-14-33(23)44-2)25-5-3-24(4-6-25)19-41(34-18-29(15-16-38-34)32-22-46-35(40-32)26-7-8-26)36(42)27-9-12-31(13-10-27)47-37(43)39-30-20-45-21-30/h11,14-18,22,24-27,30-31H,3-10,12-13,19-21H2,1-2H3,(H,39,43). The van der Waals surface area contributed by atoms with Gasteiger partial charge in [-0.15, -0.1) is 0 Å². The summed E-state index contributed by atoms with van der Waals surface area (Å²) in [6.07, 6.45) is 12.1. The van der Waals surface area contributed by atoms with E-state index in [1.807, 2.05) is 17.0 Å². The summed E-state index contributed by atoms with van der Waals surface area (Å²) in [6, 6.07) is 10.5. The molecule has 10 heteroatoms. The Hall–Kier alpha value is -3.92. The van der Waals surface area contributed by atoms with Crippen molar-refractivity contribution in [3.8, 4) is 17.0 Å². The van der Waals surface area contributed by atoms with Gasteiger partial charge in [-0.3, -0.25) is 9.69 Å². The Morgan fingerprint density at radius 3 is 2.40 bits per heavy atom. The van der Waals surface area contributed by atoms with E-state index in [9.17, 15) is 9.59 Å². The molecule has 0 spiro atoms. The summed E-state index contributed by atoms with van der Waals surface area (Å²) in [6.45, 7) is 3.80. The van der Waals surface area contributed by atoms with Crippen molar-refractivity contribution in [3.63, 3.8) is 0 Å². The first-order valence-electron chi connectivity index (χ1n) is 17.4. The summed E-state index contributed by atoms with van der Waals surface area (Å²) in [5, 5.41) is 2.85. The second-order valence-corrected chi connectivity index (χ2v) is 13.9. The number of nitrogens with one attached hydrogen (secondary N) is 1. The lowest BCUT2D eigenvalue weighted by atomic mass is 9.78. The van der Waals surface area contributed by atoms with Crippen LogP contribution in [0.4, 0.5) is 10.6 Å². The lowest BCUT2D eigenvalue weighted by molar-refractivity contribution is -0.124. The van der Waals surface area contributed by atoms with Crippen LogP contribution < -0.4 is 15.0 Å². The second kappa shape index (κ2) is 14.1. The van der Waals surface area contributed by atoms with E-state index in [4.69, 9.17) is 28.6 Å². The molecule has 0 unspecified atom stereocenters. The number of pyridine rings is 1. The average molecular weight is 643 g/mol. The van der Waals surface area contributed by atoms with Crippen LogP contribution in [0, 0.1) is 18.8 Å². The first-order valence-corrected chi connectivity index (χ1v) is 17.4. The molecule has 0 atom stereocenters. The van der Waals surface area contributed by atoms with Gasteiger partial charge in [0.1, 0.15) is 29.6 Å². The van der Waals surface area contributed by atoms with Gasteiger partial charge in [0.25, 0.3) is 0 Å². The number of carbonyl (C=O) groups excluding carboxylic acids is 2. The number of nitrogens with zero attached hydrogens (tertiary/aromatic N) is 3. The molecule has 1 N–H and O–H groups in total. The average Bonchev–Trinajstić information content (AvgIpc) is 3.81. The van der Waals surface area contributed by atoms with Crippen LogP contribution in [0.2, 0.25) is 0 Å². The SMILES string of the molecule is COc1ccc(C2CCC(CN(C(=O)C3CCC(OC(=O)NC4COC4)CC3)c3cc(-c4coc(C5CC5)n4)ccn3)CC2)cc1C. The summed E-state index contributed by atoms with van der Waals surface area (Å²) in [4.78, 5) is 38.0. The molecule has 4 fully saturated rings. The highest BCUT2D eigenvalue weighted by Gasteiger charge is 2.35. The Balaban J connectivity index is 1.03. The third-order valence-electron chi connectivity index (χ3n) is 10.5. The molecule has 0 bridgehead atoms. The lowest BCUT2D eigenvalue weighted by Crippen LogP contribution is -2.49. The molecule has 10 nitrogen and oxygen atoms in total. The molecular weight excluding hydrogens is 596 g/mol. The molecular formula is C37H46N4O6. The monoisotopic (exact) mass is 642 g/mol. The summed E-state index contributed by atoms with van der Waals surface area (Å²) in [5.41, 5.74) is 4.22. The zero-order chi connectivity index (χ0) is 32.3. The van der Waals surface area contributed by atoms with E-state index in [1.54, 1.807) is 19.6 Å².